The van der Waals surface area contributed by atoms with Crippen molar-refractivity contribution in [3.8, 4) is 0 Å². The Morgan fingerprint density at radius 3 is 2.40 bits per heavy atom. The lowest BCUT2D eigenvalue weighted by Gasteiger charge is -2.38. The highest BCUT2D eigenvalue weighted by Gasteiger charge is 2.37. The van der Waals surface area contributed by atoms with E-state index < -0.39 is 21.2 Å². The van der Waals surface area contributed by atoms with Crippen molar-refractivity contribution in [3.05, 3.63) is 24.3 Å². The summed E-state index contributed by atoms with van der Waals surface area (Å²) in [4.78, 5) is 13.6. The van der Waals surface area contributed by atoms with Gasteiger partial charge in [0, 0.05) is 25.0 Å². The molecule has 1 aliphatic rings. The number of nitrogens with zero attached hydrogens (tertiary/aromatic N) is 1. The number of carbonyl (C=O) groups is 1. The monoisotopic (exact) mass is 297 g/mol. The Bertz CT molecular complexity index is 609. The summed E-state index contributed by atoms with van der Waals surface area (Å²) in [6.45, 7) is 2.99. The molecule has 0 aliphatic carbocycles. The standard InChI is InChI=1S/C14H19NO4S/c1-14(13(16)17)8-3-9-15(10-14)11-4-6-12(7-5-11)20(2,18)19/h4-7H,3,8-10H2,1-2H3,(H,16,17). The number of anilines is 1. The van der Waals surface area contributed by atoms with Crippen LogP contribution in [0.1, 0.15) is 19.8 Å². The molecule has 6 heteroatoms. The zero-order chi connectivity index (χ0) is 15.0. The van der Waals surface area contributed by atoms with Crippen LogP contribution in [0.3, 0.4) is 0 Å². The normalized spacial score (nSPS) is 23.6. The van der Waals surface area contributed by atoms with Gasteiger partial charge >= 0.3 is 5.97 Å². The lowest BCUT2D eigenvalue weighted by atomic mass is 9.82. The third-order valence-electron chi connectivity index (χ3n) is 3.84. The molecule has 1 aromatic rings. The predicted molar refractivity (Wildman–Crippen MR) is 76.7 cm³/mol. The summed E-state index contributed by atoms with van der Waals surface area (Å²) in [6.07, 6.45) is 2.65. The van der Waals surface area contributed by atoms with Crippen molar-refractivity contribution in [3.63, 3.8) is 0 Å². The van der Waals surface area contributed by atoms with E-state index in [1.807, 2.05) is 4.90 Å². The van der Waals surface area contributed by atoms with E-state index in [1.165, 1.54) is 6.26 Å². The van der Waals surface area contributed by atoms with Gasteiger partial charge in [0.1, 0.15) is 0 Å². The molecular weight excluding hydrogens is 278 g/mol. The van der Waals surface area contributed by atoms with Crippen LogP contribution in [0, 0.1) is 5.41 Å². The lowest BCUT2D eigenvalue weighted by molar-refractivity contribution is -0.148. The van der Waals surface area contributed by atoms with Crippen LogP contribution < -0.4 is 4.90 Å². The number of carboxylic acid groups (broad SMARTS) is 1. The number of carboxylic acids is 1. The second kappa shape index (κ2) is 5.09. The second-order valence-electron chi connectivity index (χ2n) is 5.66. The molecular formula is C14H19NO4S. The zero-order valence-electron chi connectivity index (χ0n) is 11.7. The van der Waals surface area contributed by atoms with E-state index in [9.17, 15) is 18.3 Å². The second-order valence-corrected chi connectivity index (χ2v) is 7.67. The highest BCUT2D eigenvalue weighted by atomic mass is 32.2. The quantitative estimate of drug-likeness (QED) is 0.920. The molecule has 1 aromatic carbocycles. The van der Waals surface area contributed by atoms with E-state index in [0.717, 1.165) is 18.7 Å². The molecule has 0 spiro atoms. The van der Waals surface area contributed by atoms with E-state index in [0.29, 0.717) is 13.0 Å². The highest BCUT2D eigenvalue weighted by molar-refractivity contribution is 7.90. The third-order valence-corrected chi connectivity index (χ3v) is 4.97. The van der Waals surface area contributed by atoms with Crippen molar-refractivity contribution in [2.45, 2.75) is 24.7 Å². The predicted octanol–water partition coefficient (Wildman–Crippen LogP) is 1.78. The first-order valence-electron chi connectivity index (χ1n) is 6.51. The fourth-order valence-corrected chi connectivity index (χ4v) is 3.17. The van der Waals surface area contributed by atoms with E-state index in [4.69, 9.17) is 0 Å². The molecule has 1 saturated heterocycles. The molecule has 1 N–H and O–H groups in total. The Morgan fingerprint density at radius 2 is 1.90 bits per heavy atom. The van der Waals surface area contributed by atoms with Gasteiger partial charge in [-0.2, -0.15) is 0 Å². The Kier molecular flexibility index (Phi) is 3.77. The number of piperidine rings is 1. The van der Waals surface area contributed by atoms with Crippen LogP contribution in [0.2, 0.25) is 0 Å². The minimum Gasteiger partial charge on any atom is -0.481 e. The van der Waals surface area contributed by atoms with Gasteiger partial charge in [0.15, 0.2) is 9.84 Å². The molecule has 110 valence electrons. The van der Waals surface area contributed by atoms with E-state index in [2.05, 4.69) is 0 Å². The number of benzene rings is 1. The summed E-state index contributed by atoms with van der Waals surface area (Å²) < 4.78 is 22.8. The summed E-state index contributed by atoms with van der Waals surface area (Å²) in [5.74, 6) is -0.782. The topological polar surface area (TPSA) is 74.7 Å². The average Bonchev–Trinajstić information content (AvgIpc) is 2.38. The van der Waals surface area contributed by atoms with Gasteiger partial charge in [0.2, 0.25) is 0 Å². The Balaban J connectivity index is 2.22. The molecule has 0 aromatic heterocycles. The molecule has 5 nitrogen and oxygen atoms in total. The van der Waals surface area contributed by atoms with E-state index in [1.54, 1.807) is 31.2 Å². The number of aliphatic carboxylic acids is 1. The molecule has 2 rings (SSSR count). The number of hydrogen-bond acceptors (Lipinski definition) is 4. The van der Waals surface area contributed by atoms with Gasteiger partial charge in [0.25, 0.3) is 0 Å². The maximum atomic E-state index is 11.4. The van der Waals surface area contributed by atoms with Crippen LogP contribution >= 0.6 is 0 Å². The summed E-state index contributed by atoms with van der Waals surface area (Å²) >= 11 is 0. The fraction of sp³-hybridized carbons (Fsp3) is 0.500. The van der Waals surface area contributed by atoms with Crippen LogP contribution in [0.5, 0.6) is 0 Å². The molecule has 1 atom stereocenters. The summed E-state index contributed by atoms with van der Waals surface area (Å²) in [6, 6.07) is 6.61. The minimum atomic E-state index is -3.20. The smallest absolute Gasteiger partial charge is 0.311 e. The Morgan fingerprint density at radius 1 is 1.30 bits per heavy atom. The Hall–Kier alpha value is -1.56. The Labute approximate surface area is 119 Å². The molecule has 20 heavy (non-hydrogen) atoms. The van der Waals surface area contributed by atoms with Gasteiger partial charge < -0.3 is 10.0 Å². The van der Waals surface area contributed by atoms with E-state index in [-0.39, 0.29) is 4.90 Å². The van der Waals surface area contributed by atoms with Crippen molar-refractivity contribution in [2.75, 3.05) is 24.2 Å². The maximum absolute atomic E-state index is 11.4. The summed E-state index contributed by atoms with van der Waals surface area (Å²) in [7, 11) is -3.20. The van der Waals surface area contributed by atoms with Crippen LogP contribution in [0.25, 0.3) is 0 Å². The minimum absolute atomic E-state index is 0.277. The van der Waals surface area contributed by atoms with Crippen molar-refractivity contribution in [1.82, 2.24) is 0 Å². The number of rotatable bonds is 3. The van der Waals surface area contributed by atoms with Gasteiger partial charge in [-0.3, -0.25) is 4.79 Å². The summed E-state index contributed by atoms with van der Waals surface area (Å²) in [5.41, 5.74) is 0.123. The molecule has 0 radical (unpaired) electrons. The van der Waals surface area contributed by atoms with Gasteiger partial charge in [0.05, 0.1) is 10.3 Å². The fourth-order valence-electron chi connectivity index (χ4n) is 2.54. The molecule has 1 unspecified atom stereocenters. The van der Waals surface area contributed by atoms with Crippen molar-refractivity contribution < 1.29 is 18.3 Å². The maximum Gasteiger partial charge on any atom is 0.311 e. The van der Waals surface area contributed by atoms with Crippen molar-refractivity contribution >= 4 is 21.5 Å². The van der Waals surface area contributed by atoms with Crippen LogP contribution in [-0.4, -0.2) is 38.8 Å². The number of hydrogen-bond donors (Lipinski definition) is 1. The van der Waals surface area contributed by atoms with Gasteiger partial charge in [-0.1, -0.05) is 0 Å². The summed E-state index contributed by atoms with van der Waals surface area (Å²) in [5, 5.41) is 9.31. The number of sulfone groups is 1. The molecule has 0 bridgehead atoms. The molecule has 0 saturated carbocycles. The molecule has 1 aliphatic heterocycles. The lowest BCUT2D eigenvalue weighted by Crippen LogP contribution is -2.46. The molecule has 1 heterocycles. The molecule has 0 amide bonds. The SMILES string of the molecule is CC1(C(=O)O)CCCN(c2ccc(S(C)(=O)=O)cc2)C1. The van der Waals surface area contributed by atoms with Crippen LogP contribution in [0.15, 0.2) is 29.2 Å². The van der Waals surface area contributed by atoms with Crippen molar-refractivity contribution in [2.24, 2.45) is 5.41 Å². The third kappa shape index (κ3) is 2.95. The highest BCUT2D eigenvalue weighted by Crippen LogP contribution is 2.32. The van der Waals surface area contributed by atoms with Crippen LogP contribution in [-0.2, 0) is 14.6 Å². The molecule has 1 fully saturated rings. The first-order valence-corrected chi connectivity index (χ1v) is 8.40. The average molecular weight is 297 g/mol. The largest absolute Gasteiger partial charge is 0.481 e. The van der Waals surface area contributed by atoms with Gasteiger partial charge in [-0.05, 0) is 44.0 Å². The zero-order valence-corrected chi connectivity index (χ0v) is 12.5. The van der Waals surface area contributed by atoms with Gasteiger partial charge in [-0.15, -0.1) is 0 Å². The van der Waals surface area contributed by atoms with Crippen molar-refractivity contribution in [1.29, 1.82) is 0 Å². The first kappa shape index (κ1) is 14.8. The van der Waals surface area contributed by atoms with Gasteiger partial charge in [-0.25, -0.2) is 8.42 Å². The first-order chi connectivity index (χ1) is 9.22. The van der Waals surface area contributed by atoms with E-state index >= 15 is 0 Å². The van der Waals surface area contributed by atoms with Crippen LogP contribution in [0.4, 0.5) is 5.69 Å².